The van der Waals surface area contributed by atoms with Crippen LogP contribution < -0.4 is 28.1 Å². The first-order valence-electron chi connectivity index (χ1n) is 9.05. The molecular weight excluding hydrogens is 364 g/mol. The van der Waals surface area contributed by atoms with Crippen LogP contribution in [0.15, 0.2) is 66.5 Å². The third kappa shape index (κ3) is 5.08. The molecule has 0 aliphatic heterocycles. The molecule has 0 saturated heterocycles. The summed E-state index contributed by atoms with van der Waals surface area (Å²) in [5, 5.41) is 10.9. The maximum absolute atomic E-state index is 7.69. The number of allylic oxidation sites excluding steroid dienone is 1. The molecule has 0 aliphatic rings. The Morgan fingerprint density at radius 2 is 1.97 bits per heavy atom. The molecule has 0 saturated carbocycles. The molecule has 2 heterocycles. The number of benzene rings is 1. The SMILES string of the molecule is N=C/C(=C\NCc1cccc(-c2ccccn2)c1)Cc1cc(N)nc(NN)c1N. The Hall–Kier alpha value is -3.91. The van der Waals surface area contributed by atoms with Crippen molar-refractivity contribution in [2.24, 2.45) is 5.84 Å². The number of hydrazine groups is 1. The zero-order valence-electron chi connectivity index (χ0n) is 15.9. The second-order valence-electron chi connectivity index (χ2n) is 6.45. The number of hydrogen-bond acceptors (Lipinski definition) is 8. The van der Waals surface area contributed by atoms with Gasteiger partial charge in [0, 0.05) is 37.1 Å². The van der Waals surface area contributed by atoms with Crippen LogP contribution in [0.1, 0.15) is 11.1 Å². The first-order chi connectivity index (χ1) is 14.1. The quantitative estimate of drug-likeness (QED) is 0.197. The molecule has 9 N–H and O–H groups in total. The molecular formula is C21H24N8. The summed E-state index contributed by atoms with van der Waals surface area (Å²) in [6.07, 6.45) is 5.29. The Morgan fingerprint density at radius 3 is 2.69 bits per heavy atom. The largest absolute Gasteiger partial charge is 0.395 e. The van der Waals surface area contributed by atoms with Crippen LogP contribution in [-0.4, -0.2) is 16.2 Å². The van der Waals surface area contributed by atoms with Crippen molar-refractivity contribution >= 4 is 23.5 Å². The first kappa shape index (κ1) is 19.8. The average molecular weight is 388 g/mol. The Labute approximate surface area is 169 Å². The number of hydrogen-bond donors (Lipinski definition) is 6. The Balaban J connectivity index is 1.69. The molecule has 29 heavy (non-hydrogen) atoms. The van der Waals surface area contributed by atoms with Crippen molar-refractivity contribution in [3.8, 4) is 11.3 Å². The lowest BCUT2D eigenvalue weighted by molar-refractivity contribution is 0.861. The predicted molar refractivity (Wildman–Crippen MR) is 118 cm³/mol. The van der Waals surface area contributed by atoms with Crippen molar-refractivity contribution in [2.75, 3.05) is 16.9 Å². The van der Waals surface area contributed by atoms with E-state index in [9.17, 15) is 0 Å². The van der Waals surface area contributed by atoms with Gasteiger partial charge in [-0.3, -0.25) is 4.98 Å². The predicted octanol–water partition coefficient (Wildman–Crippen LogP) is 2.46. The van der Waals surface area contributed by atoms with Gasteiger partial charge in [-0.15, -0.1) is 0 Å². The minimum atomic E-state index is 0.311. The molecule has 0 fully saturated rings. The number of nitrogens with one attached hydrogen (secondary N) is 3. The summed E-state index contributed by atoms with van der Waals surface area (Å²) in [6.45, 7) is 0.613. The summed E-state index contributed by atoms with van der Waals surface area (Å²) < 4.78 is 0. The maximum Gasteiger partial charge on any atom is 0.165 e. The van der Waals surface area contributed by atoms with Crippen molar-refractivity contribution < 1.29 is 0 Å². The van der Waals surface area contributed by atoms with E-state index in [1.807, 2.05) is 36.4 Å². The second-order valence-corrected chi connectivity index (χ2v) is 6.45. The number of anilines is 3. The van der Waals surface area contributed by atoms with Crippen LogP contribution in [0.3, 0.4) is 0 Å². The Morgan fingerprint density at radius 1 is 1.10 bits per heavy atom. The monoisotopic (exact) mass is 388 g/mol. The van der Waals surface area contributed by atoms with Crippen molar-refractivity contribution in [1.29, 1.82) is 5.41 Å². The van der Waals surface area contributed by atoms with E-state index < -0.39 is 0 Å². The standard InChI is InChI=1S/C21H24N8/c22-11-15(9-17-10-19(23)28-21(29-25)20(17)24)13-26-12-14-4-3-5-16(8-14)18-6-1-2-7-27-18/h1-8,10-11,13,22,26H,9,12,24-25H2,(H3,23,28,29)/b15-13-,22-11?. The highest BCUT2D eigenvalue weighted by molar-refractivity contribution is 5.78. The van der Waals surface area contributed by atoms with Gasteiger partial charge in [-0.2, -0.15) is 0 Å². The summed E-state index contributed by atoms with van der Waals surface area (Å²) in [4.78, 5) is 8.42. The molecule has 0 aliphatic carbocycles. The normalized spacial score (nSPS) is 11.1. The number of nitrogens with two attached hydrogens (primary N) is 3. The van der Waals surface area contributed by atoms with Gasteiger partial charge in [0.25, 0.3) is 0 Å². The van der Waals surface area contributed by atoms with E-state index in [0.29, 0.717) is 30.3 Å². The molecule has 0 unspecified atom stereocenters. The Kier molecular flexibility index (Phi) is 6.39. The highest BCUT2D eigenvalue weighted by Gasteiger charge is 2.09. The fraction of sp³-hybridized carbons (Fsp3) is 0.0952. The highest BCUT2D eigenvalue weighted by atomic mass is 15.3. The molecule has 8 heteroatoms. The van der Waals surface area contributed by atoms with Gasteiger partial charge < -0.3 is 27.6 Å². The molecule has 148 valence electrons. The third-order valence-corrected chi connectivity index (χ3v) is 4.36. The van der Waals surface area contributed by atoms with Gasteiger partial charge in [0.1, 0.15) is 5.82 Å². The van der Waals surface area contributed by atoms with E-state index in [1.165, 1.54) is 6.21 Å². The molecule has 2 aromatic heterocycles. The van der Waals surface area contributed by atoms with E-state index in [4.69, 9.17) is 22.7 Å². The van der Waals surface area contributed by atoms with Crippen LogP contribution in [0, 0.1) is 5.41 Å². The molecule has 0 bridgehead atoms. The van der Waals surface area contributed by atoms with Gasteiger partial charge in [-0.1, -0.05) is 24.3 Å². The summed E-state index contributed by atoms with van der Waals surface area (Å²) in [7, 11) is 0. The van der Waals surface area contributed by atoms with E-state index >= 15 is 0 Å². The van der Waals surface area contributed by atoms with Crippen LogP contribution in [-0.2, 0) is 13.0 Å². The van der Waals surface area contributed by atoms with E-state index in [2.05, 4.69) is 26.8 Å². The maximum atomic E-state index is 7.69. The lowest BCUT2D eigenvalue weighted by Gasteiger charge is -2.12. The number of nitrogens with zero attached hydrogens (tertiary/aromatic N) is 2. The van der Waals surface area contributed by atoms with Gasteiger partial charge in [-0.25, -0.2) is 10.8 Å². The molecule has 8 nitrogen and oxygen atoms in total. The van der Waals surface area contributed by atoms with Gasteiger partial charge >= 0.3 is 0 Å². The van der Waals surface area contributed by atoms with Gasteiger partial charge in [-0.05, 0) is 41.0 Å². The lowest BCUT2D eigenvalue weighted by atomic mass is 10.1. The highest BCUT2D eigenvalue weighted by Crippen LogP contribution is 2.24. The van der Waals surface area contributed by atoms with Crippen molar-refractivity contribution in [1.82, 2.24) is 15.3 Å². The first-order valence-corrected chi connectivity index (χ1v) is 9.05. The lowest BCUT2D eigenvalue weighted by Crippen LogP contribution is -2.14. The van der Waals surface area contributed by atoms with E-state index in [0.717, 1.165) is 28.0 Å². The number of nitrogen functional groups attached to an aromatic ring is 3. The summed E-state index contributed by atoms with van der Waals surface area (Å²) in [5.74, 6) is 6.06. The molecule has 3 rings (SSSR count). The van der Waals surface area contributed by atoms with Gasteiger partial charge in [0.05, 0.1) is 11.4 Å². The molecule has 0 spiro atoms. The van der Waals surface area contributed by atoms with Crippen LogP contribution in [0.4, 0.5) is 17.3 Å². The molecule has 0 atom stereocenters. The van der Waals surface area contributed by atoms with Crippen LogP contribution in [0.5, 0.6) is 0 Å². The summed E-state index contributed by atoms with van der Waals surface area (Å²) in [5.41, 5.74) is 19.3. The minimum Gasteiger partial charge on any atom is -0.395 e. The zero-order valence-corrected chi connectivity index (χ0v) is 15.9. The van der Waals surface area contributed by atoms with Gasteiger partial charge in [0.2, 0.25) is 0 Å². The smallest absolute Gasteiger partial charge is 0.165 e. The Bertz CT molecular complexity index is 1010. The molecule has 0 radical (unpaired) electrons. The minimum absolute atomic E-state index is 0.311. The van der Waals surface area contributed by atoms with Crippen LogP contribution in [0.2, 0.25) is 0 Å². The zero-order chi connectivity index (χ0) is 20.6. The van der Waals surface area contributed by atoms with Crippen molar-refractivity contribution in [3.63, 3.8) is 0 Å². The number of aromatic nitrogens is 2. The van der Waals surface area contributed by atoms with E-state index in [1.54, 1.807) is 18.5 Å². The third-order valence-electron chi connectivity index (χ3n) is 4.36. The van der Waals surface area contributed by atoms with Crippen molar-refractivity contribution in [3.05, 3.63) is 77.6 Å². The topological polar surface area (TPSA) is 152 Å². The molecule has 1 aromatic carbocycles. The number of pyridine rings is 2. The molecule has 0 amide bonds. The van der Waals surface area contributed by atoms with Crippen molar-refractivity contribution in [2.45, 2.75) is 13.0 Å². The fourth-order valence-corrected chi connectivity index (χ4v) is 2.92. The molecule has 3 aromatic rings. The summed E-state index contributed by atoms with van der Waals surface area (Å²) in [6, 6.07) is 15.7. The van der Waals surface area contributed by atoms with Crippen LogP contribution in [0.25, 0.3) is 11.3 Å². The van der Waals surface area contributed by atoms with E-state index in [-0.39, 0.29) is 0 Å². The van der Waals surface area contributed by atoms with Gasteiger partial charge in [0.15, 0.2) is 5.82 Å². The fourth-order valence-electron chi connectivity index (χ4n) is 2.92. The van der Waals surface area contributed by atoms with Crippen LogP contribution >= 0.6 is 0 Å². The number of rotatable bonds is 8. The summed E-state index contributed by atoms with van der Waals surface area (Å²) >= 11 is 0. The second kappa shape index (κ2) is 9.34. The average Bonchev–Trinajstić information content (AvgIpc) is 2.76.